The zero-order valence-electron chi connectivity index (χ0n) is 16.3. The van der Waals surface area contributed by atoms with Gasteiger partial charge in [0.05, 0.1) is 21.3 Å². The van der Waals surface area contributed by atoms with Crippen molar-refractivity contribution in [2.75, 3.05) is 27.9 Å². The van der Waals surface area contributed by atoms with Crippen LogP contribution in [0.25, 0.3) is 5.57 Å². The van der Waals surface area contributed by atoms with Crippen LogP contribution < -0.4 is 14.2 Å². The predicted molar refractivity (Wildman–Crippen MR) is 103 cm³/mol. The molecule has 0 saturated carbocycles. The van der Waals surface area contributed by atoms with Gasteiger partial charge >= 0.3 is 16.1 Å². The third-order valence-corrected chi connectivity index (χ3v) is 5.56. The Balaban J connectivity index is 2.08. The van der Waals surface area contributed by atoms with Gasteiger partial charge < -0.3 is 23.1 Å². The van der Waals surface area contributed by atoms with Gasteiger partial charge in [-0.15, -0.1) is 0 Å². The van der Waals surface area contributed by atoms with Crippen LogP contribution in [-0.4, -0.2) is 42.3 Å². The van der Waals surface area contributed by atoms with Gasteiger partial charge in [0, 0.05) is 5.56 Å². The number of ether oxygens (including phenoxy) is 4. The molecule has 0 atom stereocenters. The van der Waals surface area contributed by atoms with Crippen molar-refractivity contribution in [2.24, 2.45) is 0 Å². The summed E-state index contributed by atoms with van der Waals surface area (Å²) >= 11 is 0. The molecule has 29 heavy (non-hydrogen) atoms. The summed E-state index contributed by atoms with van der Waals surface area (Å²) in [4.78, 5) is 12.3. The van der Waals surface area contributed by atoms with Crippen LogP contribution in [0.2, 0.25) is 0 Å². The summed E-state index contributed by atoms with van der Waals surface area (Å²) in [6.07, 6.45) is 0. The Labute approximate surface area is 168 Å². The molecule has 1 heterocycles. The lowest BCUT2D eigenvalue weighted by atomic mass is 10.0. The van der Waals surface area contributed by atoms with E-state index in [9.17, 15) is 13.2 Å². The number of methoxy groups -OCH3 is 3. The van der Waals surface area contributed by atoms with Crippen LogP contribution in [0, 0.1) is 6.92 Å². The molecule has 1 aliphatic heterocycles. The van der Waals surface area contributed by atoms with Gasteiger partial charge in [-0.1, -0.05) is 17.7 Å². The molecule has 2 aromatic rings. The summed E-state index contributed by atoms with van der Waals surface area (Å²) in [6.45, 7) is 1.53. The van der Waals surface area contributed by atoms with E-state index >= 15 is 0 Å². The minimum atomic E-state index is -4.15. The zero-order chi connectivity index (χ0) is 21.2. The average molecular weight is 420 g/mol. The van der Waals surface area contributed by atoms with Gasteiger partial charge in [-0.25, -0.2) is 4.79 Å². The summed E-state index contributed by atoms with van der Waals surface area (Å²) in [5, 5.41) is 0. The molecular weight excluding hydrogens is 400 g/mol. The standard InChI is InChI=1S/C20H20O8S/c1-12-5-7-14(8-6-12)29(22,23)28-17-11-27-20(21)18(17)13-9-15(24-2)19(26-4)16(10-13)25-3/h5-10H,11H2,1-4H3. The molecule has 0 saturated heterocycles. The number of hydrogen-bond acceptors (Lipinski definition) is 8. The molecule has 0 fully saturated rings. The highest BCUT2D eigenvalue weighted by atomic mass is 32.2. The second-order valence-electron chi connectivity index (χ2n) is 6.14. The number of rotatable bonds is 7. The van der Waals surface area contributed by atoms with Gasteiger partial charge in [-0.3, -0.25) is 0 Å². The highest BCUT2D eigenvalue weighted by Gasteiger charge is 2.33. The van der Waals surface area contributed by atoms with E-state index in [0.29, 0.717) is 22.8 Å². The number of esters is 1. The van der Waals surface area contributed by atoms with Crippen LogP contribution in [0.4, 0.5) is 0 Å². The fourth-order valence-corrected chi connectivity index (χ4v) is 3.81. The van der Waals surface area contributed by atoms with E-state index in [4.69, 9.17) is 23.1 Å². The lowest BCUT2D eigenvalue weighted by Crippen LogP contribution is -2.08. The first-order valence-electron chi connectivity index (χ1n) is 8.52. The second kappa shape index (κ2) is 8.04. The van der Waals surface area contributed by atoms with Crippen molar-refractivity contribution < 1.29 is 36.3 Å². The van der Waals surface area contributed by atoms with Gasteiger partial charge in [0.15, 0.2) is 23.9 Å². The van der Waals surface area contributed by atoms with Crippen LogP contribution in [-0.2, 0) is 23.8 Å². The maximum atomic E-state index is 12.6. The van der Waals surface area contributed by atoms with Crippen LogP contribution in [0.15, 0.2) is 47.1 Å². The minimum absolute atomic E-state index is 0.0278. The van der Waals surface area contributed by atoms with Gasteiger partial charge in [0.2, 0.25) is 5.75 Å². The Hall–Kier alpha value is -3.20. The molecule has 0 unspecified atom stereocenters. The lowest BCUT2D eigenvalue weighted by molar-refractivity contribution is -0.134. The van der Waals surface area contributed by atoms with Crippen LogP contribution in [0.1, 0.15) is 11.1 Å². The first-order valence-corrected chi connectivity index (χ1v) is 9.93. The molecule has 0 aromatic heterocycles. The lowest BCUT2D eigenvalue weighted by Gasteiger charge is -2.14. The maximum absolute atomic E-state index is 12.6. The van der Waals surface area contributed by atoms with Gasteiger partial charge in [-0.2, -0.15) is 8.42 Å². The Bertz CT molecular complexity index is 1040. The smallest absolute Gasteiger partial charge is 0.342 e. The number of carbonyl (C=O) groups is 1. The second-order valence-corrected chi connectivity index (χ2v) is 7.69. The molecule has 2 aromatic carbocycles. The molecule has 0 N–H and O–H groups in total. The van der Waals surface area contributed by atoms with Gasteiger partial charge in [0.1, 0.15) is 10.5 Å². The van der Waals surface area contributed by atoms with Crippen molar-refractivity contribution in [1.82, 2.24) is 0 Å². The van der Waals surface area contributed by atoms with E-state index in [1.54, 1.807) is 12.1 Å². The minimum Gasteiger partial charge on any atom is -0.493 e. The molecule has 1 aliphatic rings. The summed E-state index contributed by atoms with van der Waals surface area (Å²) < 4.78 is 51.4. The van der Waals surface area contributed by atoms with Crippen molar-refractivity contribution in [3.63, 3.8) is 0 Å². The predicted octanol–water partition coefficient (Wildman–Crippen LogP) is 2.69. The van der Waals surface area contributed by atoms with E-state index in [1.807, 2.05) is 6.92 Å². The fraction of sp³-hybridized carbons (Fsp3) is 0.250. The van der Waals surface area contributed by atoms with Crippen molar-refractivity contribution >= 4 is 21.7 Å². The van der Waals surface area contributed by atoms with Crippen molar-refractivity contribution in [3.8, 4) is 17.2 Å². The topological polar surface area (TPSA) is 97.4 Å². The summed E-state index contributed by atoms with van der Waals surface area (Å²) in [6, 6.07) is 9.21. The first kappa shape index (κ1) is 20.5. The van der Waals surface area contributed by atoms with E-state index in [2.05, 4.69) is 0 Å². The SMILES string of the molecule is COc1cc(C2=C(OS(=O)(=O)c3ccc(C)cc3)COC2=O)cc(OC)c1OC. The molecular formula is C20H20O8S. The number of benzene rings is 2. The number of carbonyl (C=O) groups excluding carboxylic acids is 1. The van der Waals surface area contributed by atoms with Gasteiger partial charge in [-0.05, 0) is 31.2 Å². The fourth-order valence-electron chi connectivity index (χ4n) is 2.84. The Morgan fingerprint density at radius 3 is 2.03 bits per heavy atom. The molecule has 9 heteroatoms. The maximum Gasteiger partial charge on any atom is 0.342 e. The monoisotopic (exact) mass is 420 g/mol. The highest BCUT2D eigenvalue weighted by molar-refractivity contribution is 7.86. The van der Waals surface area contributed by atoms with Crippen molar-refractivity contribution in [1.29, 1.82) is 0 Å². The summed E-state index contributed by atoms with van der Waals surface area (Å²) in [7, 11) is 0.168. The molecule has 8 nitrogen and oxygen atoms in total. The number of aryl methyl sites for hydroxylation is 1. The Kier molecular flexibility index (Phi) is 5.69. The zero-order valence-corrected chi connectivity index (χ0v) is 17.2. The van der Waals surface area contributed by atoms with Crippen LogP contribution in [0.3, 0.4) is 0 Å². The normalized spacial score (nSPS) is 13.9. The molecule has 3 rings (SSSR count). The third kappa shape index (κ3) is 4.00. The van der Waals surface area contributed by atoms with E-state index < -0.39 is 16.1 Å². The quantitative estimate of drug-likeness (QED) is 0.498. The number of hydrogen-bond donors (Lipinski definition) is 0. The summed E-state index contributed by atoms with van der Waals surface area (Å²) in [5.74, 6) is 0.100. The average Bonchev–Trinajstić information content (AvgIpc) is 3.06. The molecule has 0 aliphatic carbocycles. The Morgan fingerprint density at radius 2 is 1.52 bits per heavy atom. The third-order valence-electron chi connectivity index (χ3n) is 4.29. The first-order chi connectivity index (χ1) is 13.8. The molecule has 0 spiro atoms. The largest absolute Gasteiger partial charge is 0.493 e. The van der Waals surface area contributed by atoms with E-state index in [0.717, 1.165) is 5.56 Å². The molecule has 154 valence electrons. The van der Waals surface area contributed by atoms with E-state index in [-0.39, 0.29) is 22.8 Å². The highest BCUT2D eigenvalue weighted by Crippen LogP contribution is 2.41. The van der Waals surface area contributed by atoms with Crippen LogP contribution >= 0.6 is 0 Å². The van der Waals surface area contributed by atoms with Crippen molar-refractivity contribution in [2.45, 2.75) is 11.8 Å². The van der Waals surface area contributed by atoms with Crippen molar-refractivity contribution in [3.05, 3.63) is 53.3 Å². The van der Waals surface area contributed by atoms with Crippen LogP contribution in [0.5, 0.6) is 17.2 Å². The summed E-state index contributed by atoms with van der Waals surface area (Å²) in [5.41, 5.74) is 1.19. The molecule has 0 bridgehead atoms. The molecule has 0 amide bonds. The Morgan fingerprint density at radius 1 is 0.931 bits per heavy atom. The van der Waals surface area contributed by atoms with E-state index in [1.165, 1.54) is 45.6 Å². The number of cyclic esters (lactones) is 1. The molecule has 0 radical (unpaired) electrons. The van der Waals surface area contributed by atoms with Gasteiger partial charge in [0.25, 0.3) is 0 Å².